The molecule has 53 heavy (non-hydrogen) atoms. The smallest absolute Gasteiger partial charge is 0.249 e. The van der Waals surface area contributed by atoms with Crippen LogP contribution in [0.15, 0.2) is 36.5 Å². The van der Waals surface area contributed by atoms with Crippen molar-refractivity contribution in [3.05, 3.63) is 36.5 Å². The molecule has 0 aromatic heterocycles. The highest BCUT2D eigenvalue weighted by Gasteiger charge is 2.28. The van der Waals surface area contributed by atoms with Crippen molar-refractivity contribution in [2.75, 3.05) is 6.61 Å². The predicted octanol–water partition coefficient (Wildman–Crippen LogP) is 12.1. The van der Waals surface area contributed by atoms with Gasteiger partial charge in [-0.3, -0.25) is 4.79 Å². The lowest BCUT2D eigenvalue weighted by molar-refractivity contribution is -0.132. The van der Waals surface area contributed by atoms with E-state index in [4.69, 9.17) is 0 Å². The highest BCUT2D eigenvalue weighted by molar-refractivity contribution is 5.80. The maximum absolute atomic E-state index is 12.5. The lowest BCUT2D eigenvalue weighted by atomic mass is 10.00. The van der Waals surface area contributed by atoms with E-state index in [0.717, 1.165) is 51.4 Å². The van der Waals surface area contributed by atoms with Crippen LogP contribution in [-0.4, -0.2) is 57.3 Å². The summed E-state index contributed by atoms with van der Waals surface area (Å²) in [6, 6.07) is -1.01. The Labute approximate surface area is 328 Å². The van der Waals surface area contributed by atoms with E-state index in [1.54, 1.807) is 0 Å². The third kappa shape index (κ3) is 36.0. The number of hydrogen-bond acceptors (Lipinski definition) is 5. The molecule has 0 aliphatic carbocycles. The number of amides is 1. The van der Waals surface area contributed by atoms with Crippen LogP contribution in [0.3, 0.4) is 0 Å². The summed E-state index contributed by atoms with van der Waals surface area (Å²) in [4.78, 5) is 12.5. The van der Waals surface area contributed by atoms with E-state index in [0.29, 0.717) is 19.3 Å². The second-order valence-electron chi connectivity index (χ2n) is 15.7. The Morgan fingerprint density at radius 1 is 0.453 bits per heavy atom. The minimum Gasteiger partial charge on any atom is -0.394 e. The molecule has 0 bridgehead atoms. The number of carbonyl (C=O) groups excluding carboxylic acids is 1. The summed E-state index contributed by atoms with van der Waals surface area (Å²) in [7, 11) is 0. The maximum atomic E-state index is 12.5. The molecule has 0 spiro atoms. The molecule has 6 nitrogen and oxygen atoms in total. The molecule has 0 heterocycles. The Morgan fingerprint density at radius 2 is 0.792 bits per heavy atom. The number of rotatable bonds is 41. The van der Waals surface area contributed by atoms with E-state index in [1.807, 2.05) is 0 Å². The van der Waals surface area contributed by atoms with Crippen molar-refractivity contribution in [1.29, 1.82) is 0 Å². The van der Waals surface area contributed by atoms with Crippen molar-refractivity contribution in [3.8, 4) is 0 Å². The van der Waals surface area contributed by atoms with Gasteiger partial charge in [-0.1, -0.05) is 185 Å². The van der Waals surface area contributed by atoms with Gasteiger partial charge in [0.1, 0.15) is 12.2 Å². The molecule has 0 aromatic rings. The van der Waals surface area contributed by atoms with E-state index in [2.05, 4.69) is 55.6 Å². The highest BCUT2D eigenvalue weighted by atomic mass is 16.3. The number of aliphatic hydroxyl groups is 4. The predicted molar refractivity (Wildman–Crippen MR) is 228 cm³/mol. The van der Waals surface area contributed by atoms with Gasteiger partial charge in [0.05, 0.1) is 18.8 Å². The first-order chi connectivity index (χ1) is 26.0. The van der Waals surface area contributed by atoms with Crippen LogP contribution in [0.25, 0.3) is 0 Å². The van der Waals surface area contributed by atoms with E-state index in [-0.39, 0.29) is 0 Å². The van der Waals surface area contributed by atoms with Gasteiger partial charge in [0.15, 0.2) is 0 Å². The topological polar surface area (TPSA) is 110 Å². The number of hydrogen-bond donors (Lipinski definition) is 5. The molecule has 0 saturated heterocycles. The molecule has 0 rings (SSSR count). The fourth-order valence-electron chi connectivity index (χ4n) is 6.89. The Kier molecular flexibility index (Phi) is 40.5. The SMILES string of the molecule is CCCCCCCCC/C=C/CC/C=C/CCCC(O)C(O)C(CO)NC(=O)C(O)CCCCCCCC/C=C\CCCCCCCCCCCCC. The minimum atomic E-state index is -1.29. The Hall–Kier alpha value is -1.47. The standard InChI is InChI=1S/C47H89NO5/c1-3-5-7-9-11-13-15-17-19-21-22-23-24-25-27-29-31-33-35-37-39-41-45(51)47(53)48-43(42-49)46(52)44(50)40-38-36-34-32-30-28-26-20-18-16-14-12-10-8-6-4-2/h20,24-26,32,34,43-46,49-52H,3-19,21-23,27-31,33,35-42H2,1-2H3,(H,48,53)/b25-24-,26-20+,34-32+. The summed E-state index contributed by atoms with van der Waals surface area (Å²) in [5, 5.41) is 43.7. The largest absolute Gasteiger partial charge is 0.394 e. The summed E-state index contributed by atoms with van der Waals surface area (Å²) in [5.41, 5.74) is 0. The highest BCUT2D eigenvalue weighted by Crippen LogP contribution is 2.15. The first kappa shape index (κ1) is 51.5. The Balaban J connectivity index is 3.79. The van der Waals surface area contributed by atoms with Crippen molar-refractivity contribution in [2.45, 2.75) is 250 Å². The normalized spacial score (nSPS) is 14.5. The molecule has 0 saturated carbocycles. The number of unbranched alkanes of at least 4 members (excludes halogenated alkanes) is 26. The van der Waals surface area contributed by atoms with Gasteiger partial charge in [-0.25, -0.2) is 0 Å². The zero-order chi connectivity index (χ0) is 38.9. The number of carbonyl (C=O) groups is 1. The third-order valence-corrected chi connectivity index (χ3v) is 10.6. The van der Waals surface area contributed by atoms with Crippen LogP contribution in [0.1, 0.15) is 226 Å². The molecule has 0 fully saturated rings. The lowest BCUT2D eigenvalue weighted by Gasteiger charge is -2.27. The molecular weight excluding hydrogens is 659 g/mol. The van der Waals surface area contributed by atoms with Crippen LogP contribution in [0.4, 0.5) is 0 Å². The summed E-state index contributed by atoms with van der Waals surface area (Å²) in [6.07, 6.45) is 48.9. The molecule has 1 amide bonds. The van der Waals surface area contributed by atoms with Gasteiger partial charge in [-0.05, 0) is 77.0 Å². The summed E-state index contributed by atoms with van der Waals surface area (Å²) < 4.78 is 0. The molecule has 4 unspecified atom stereocenters. The van der Waals surface area contributed by atoms with Gasteiger partial charge in [0, 0.05) is 0 Å². The third-order valence-electron chi connectivity index (χ3n) is 10.6. The van der Waals surface area contributed by atoms with Crippen molar-refractivity contribution in [2.24, 2.45) is 0 Å². The van der Waals surface area contributed by atoms with Crippen molar-refractivity contribution < 1.29 is 25.2 Å². The van der Waals surface area contributed by atoms with E-state index in [1.165, 1.54) is 141 Å². The van der Waals surface area contributed by atoms with Gasteiger partial charge in [-0.15, -0.1) is 0 Å². The molecule has 5 N–H and O–H groups in total. The zero-order valence-electron chi connectivity index (χ0n) is 35.0. The van der Waals surface area contributed by atoms with Crippen molar-refractivity contribution in [1.82, 2.24) is 5.32 Å². The molecule has 0 aliphatic rings. The van der Waals surface area contributed by atoms with Crippen LogP contribution in [0.2, 0.25) is 0 Å². The molecule has 6 heteroatoms. The van der Waals surface area contributed by atoms with Gasteiger partial charge in [-0.2, -0.15) is 0 Å². The summed E-state index contributed by atoms with van der Waals surface area (Å²) in [6.45, 7) is 4.03. The second-order valence-corrected chi connectivity index (χ2v) is 15.7. The second kappa shape index (κ2) is 41.7. The number of aliphatic hydroxyl groups excluding tert-OH is 4. The van der Waals surface area contributed by atoms with E-state index >= 15 is 0 Å². The van der Waals surface area contributed by atoms with Gasteiger partial charge in [0.25, 0.3) is 0 Å². The van der Waals surface area contributed by atoms with Crippen molar-refractivity contribution >= 4 is 5.91 Å². The fourth-order valence-corrected chi connectivity index (χ4v) is 6.89. The van der Waals surface area contributed by atoms with Crippen LogP contribution in [0.5, 0.6) is 0 Å². The van der Waals surface area contributed by atoms with Gasteiger partial charge in [0.2, 0.25) is 5.91 Å². The van der Waals surface area contributed by atoms with E-state index in [9.17, 15) is 25.2 Å². The molecule has 0 aliphatic heterocycles. The Bertz CT molecular complexity index is 843. The van der Waals surface area contributed by atoms with Crippen LogP contribution in [0, 0.1) is 0 Å². The molecule has 4 atom stereocenters. The average Bonchev–Trinajstić information content (AvgIpc) is 3.16. The van der Waals surface area contributed by atoms with Gasteiger partial charge >= 0.3 is 0 Å². The first-order valence-corrected chi connectivity index (χ1v) is 22.9. The average molecular weight is 748 g/mol. The van der Waals surface area contributed by atoms with E-state index < -0.39 is 36.9 Å². The van der Waals surface area contributed by atoms with Gasteiger partial charge < -0.3 is 25.7 Å². The monoisotopic (exact) mass is 748 g/mol. The van der Waals surface area contributed by atoms with Crippen molar-refractivity contribution in [3.63, 3.8) is 0 Å². The van der Waals surface area contributed by atoms with Crippen LogP contribution < -0.4 is 5.32 Å². The summed E-state index contributed by atoms with van der Waals surface area (Å²) >= 11 is 0. The minimum absolute atomic E-state index is 0.353. The zero-order valence-corrected chi connectivity index (χ0v) is 35.0. The molecule has 312 valence electrons. The lowest BCUT2D eigenvalue weighted by Crippen LogP contribution is -2.53. The van der Waals surface area contributed by atoms with Crippen LogP contribution >= 0.6 is 0 Å². The van der Waals surface area contributed by atoms with Crippen LogP contribution in [-0.2, 0) is 4.79 Å². The molecular formula is C47H89NO5. The fraction of sp³-hybridized carbons (Fsp3) is 0.851. The molecule has 0 radical (unpaired) electrons. The quantitative estimate of drug-likeness (QED) is 0.0316. The summed E-state index contributed by atoms with van der Waals surface area (Å²) in [5.74, 6) is -0.602. The molecule has 0 aromatic carbocycles. The number of allylic oxidation sites excluding steroid dienone is 6. The Morgan fingerprint density at radius 3 is 1.19 bits per heavy atom. The number of nitrogens with one attached hydrogen (secondary N) is 1. The first-order valence-electron chi connectivity index (χ1n) is 22.9. The maximum Gasteiger partial charge on any atom is 0.249 e.